The highest BCUT2D eigenvalue weighted by atomic mass is 16.5. The first-order valence-corrected chi connectivity index (χ1v) is 6.77. The number of amides is 1. The summed E-state index contributed by atoms with van der Waals surface area (Å²) in [7, 11) is 3.26. The minimum atomic E-state index is -0.153. The number of nitrogens with zero attached hydrogens (tertiary/aromatic N) is 1. The van der Waals surface area contributed by atoms with Gasteiger partial charge in [-0.2, -0.15) is 0 Å². The average molecular weight is 274 g/mol. The van der Waals surface area contributed by atoms with Crippen molar-refractivity contribution in [1.29, 1.82) is 0 Å². The molecule has 0 saturated heterocycles. The molecule has 0 aromatic heterocycles. The molecular formula is C14H30N2O3. The number of methoxy groups -OCH3 is 2. The van der Waals surface area contributed by atoms with Gasteiger partial charge in [0, 0.05) is 33.2 Å². The van der Waals surface area contributed by atoms with Gasteiger partial charge in [-0.05, 0) is 12.3 Å². The maximum atomic E-state index is 12.4. The molecule has 0 spiro atoms. The molecule has 0 heterocycles. The predicted octanol–water partition coefficient (Wildman–Crippen LogP) is 1.26. The second kappa shape index (κ2) is 8.51. The van der Waals surface area contributed by atoms with Crippen LogP contribution in [0.5, 0.6) is 0 Å². The Morgan fingerprint density at radius 1 is 1.26 bits per heavy atom. The number of carbonyl (C=O) groups excluding carboxylic acids is 1. The summed E-state index contributed by atoms with van der Waals surface area (Å²) < 4.78 is 10.2. The van der Waals surface area contributed by atoms with E-state index in [0.717, 1.165) is 0 Å². The highest BCUT2D eigenvalue weighted by Crippen LogP contribution is 2.20. The van der Waals surface area contributed by atoms with Crippen molar-refractivity contribution in [2.45, 2.75) is 46.2 Å². The van der Waals surface area contributed by atoms with E-state index < -0.39 is 0 Å². The SMILES string of the molecule is COCCN(C(=O)CC(N)C(C)(C)C)C(C)COC. The van der Waals surface area contributed by atoms with Crippen LogP contribution in [0.4, 0.5) is 0 Å². The Hall–Kier alpha value is -0.650. The van der Waals surface area contributed by atoms with E-state index in [9.17, 15) is 4.79 Å². The summed E-state index contributed by atoms with van der Waals surface area (Å²) in [5.74, 6) is 0.0593. The Balaban J connectivity index is 4.61. The number of hydrogen-bond acceptors (Lipinski definition) is 4. The summed E-state index contributed by atoms with van der Waals surface area (Å²) in [5.41, 5.74) is 6.01. The fourth-order valence-electron chi connectivity index (χ4n) is 1.72. The molecule has 0 bridgehead atoms. The first-order chi connectivity index (χ1) is 8.73. The predicted molar refractivity (Wildman–Crippen MR) is 77.0 cm³/mol. The van der Waals surface area contributed by atoms with Crippen LogP contribution in [-0.4, -0.2) is 56.9 Å². The lowest BCUT2D eigenvalue weighted by Crippen LogP contribution is -2.47. The van der Waals surface area contributed by atoms with Crippen LogP contribution in [0, 0.1) is 5.41 Å². The highest BCUT2D eigenvalue weighted by Gasteiger charge is 2.27. The normalized spacial score (nSPS) is 15.1. The maximum absolute atomic E-state index is 12.4. The molecular weight excluding hydrogens is 244 g/mol. The number of nitrogens with two attached hydrogens (primary N) is 1. The quantitative estimate of drug-likeness (QED) is 0.723. The molecule has 1 amide bonds. The molecule has 114 valence electrons. The van der Waals surface area contributed by atoms with E-state index in [4.69, 9.17) is 15.2 Å². The molecule has 0 aromatic carbocycles. The van der Waals surface area contributed by atoms with Crippen LogP contribution in [0.3, 0.4) is 0 Å². The maximum Gasteiger partial charge on any atom is 0.224 e. The fraction of sp³-hybridized carbons (Fsp3) is 0.929. The van der Waals surface area contributed by atoms with E-state index in [2.05, 4.69) is 0 Å². The Kier molecular flexibility index (Phi) is 8.22. The van der Waals surface area contributed by atoms with Crippen molar-refractivity contribution in [3.05, 3.63) is 0 Å². The van der Waals surface area contributed by atoms with E-state index in [-0.39, 0.29) is 23.4 Å². The molecule has 2 N–H and O–H groups in total. The Morgan fingerprint density at radius 3 is 2.26 bits per heavy atom. The van der Waals surface area contributed by atoms with Crippen molar-refractivity contribution in [2.24, 2.45) is 11.1 Å². The fourth-order valence-corrected chi connectivity index (χ4v) is 1.72. The van der Waals surface area contributed by atoms with Crippen molar-refractivity contribution in [3.63, 3.8) is 0 Å². The molecule has 0 aromatic rings. The van der Waals surface area contributed by atoms with E-state index >= 15 is 0 Å². The molecule has 0 fully saturated rings. The van der Waals surface area contributed by atoms with Crippen LogP contribution >= 0.6 is 0 Å². The minimum Gasteiger partial charge on any atom is -0.383 e. The summed E-state index contributed by atoms with van der Waals surface area (Å²) in [5, 5.41) is 0. The summed E-state index contributed by atoms with van der Waals surface area (Å²) in [6.45, 7) is 9.70. The zero-order chi connectivity index (χ0) is 15.1. The van der Waals surface area contributed by atoms with Gasteiger partial charge in [-0.3, -0.25) is 4.79 Å². The number of hydrogen-bond donors (Lipinski definition) is 1. The molecule has 0 aliphatic heterocycles. The van der Waals surface area contributed by atoms with E-state index in [0.29, 0.717) is 26.2 Å². The highest BCUT2D eigenvalue weighted by molar-refractivity contribution is 5.77. The molecule has 0 aliphatic carbocycles. The molecule has 19 heavy (non-hydrogen) atoms. The van der Waals surface area contributed by atoms with Gasteiger partial charge in [0.2, 0.25) is 5.91 Å². The lowest BCUT2D eigenvalue weighted by atomic mass is 9.85. The van der Waals surface area contributed by atoms with Crippen molar-refractivity contribution < 1.29 is 14.3 Å². The third-order valence-corrected chi connectivity index (χ3v) is 3.30. The zero-order valence-electron chi connectivity index (χ0n) is 13.2. The third-order valence-electron chi connectivity index (χ3n) is 3.30. The topological polar surface area (TPSA) is 64.8 Å². The first kappa shape index (κ1) is 18.4. The molecule has 2 atom stereocenters. The van der Waals surface area contributed by atoms with Gasteiger partial charge in [0.05, 0.1) is 19.3 Å². The molecule has 0 rings (SSSR count). The molecule has 2 unspecified atom stereocenters. The van der Waals surface area contributed by atoms with Crippen LogP contribution < -0.4 is 5.73 Å². The summed E-state index contributed by atoms with van der Waals surface area (Å²) in [6, 6.07) is -0.125. The Labute approximate surface area is 117 Å². The number of rotatable bonds is 8. The molecule has 0 saturated carbocycles. The van der Waals surface area contributed by atoms with Gasteiger partial charge in [0.25, 0.3) is 0 Å². The average Bonchev–Trinajstić information content (AvgIpc) is 2.28. The van der Waals surface area contributed by atoms with Crippen molar-refractivity contribution in [1.82, 2.24) is 4.90 Å². The van der Waals surface area contributed by atoms with Crippen LogP contribution in [0.15, 0.2) is 0 Å². The number of carbonyl (C=O) groups is 1. The van der Waals surface area contributed by atoms with E-state index in [1.165, 1.54) is 0 Å². The minimum absolute atomic E-state index is 0.0276. The first-order valence-electron chi connectivity index (χ1n) is 6.77. The molecule has 5 nitrogen and oxygen atoms in total. The van der Waals surface area contributed by atoms with Crippen molar-refractivity contribution in [3.8, 4) is 0 Å². The van der Waals surface area contributed by atoms with Crippen molar-refractivity contribution in [2.75, 3.05) is 34.0 Å². The second-order valence-corrected chi connectivity index (χ2v) is 6.06. The summed E-state index contributed by atoms with van der Waals surface area (Å²) >= 11 is 0. The van der Waals surface area contributed by atoms with Gasteiger partial charge in [-0.15, -0.1) is 0 Å². The lowest BCUT2D eigenvalue weighted by Gasteiger charge is -2.32. The monoisotopic (exact) mass is 274 g/mol. The summed E-state index contributed by atoms with van der Waals surface area (Å²) in [4.78, 5) is 14.1. The van der Waals surface area contributed by atoms with Gasteiger partial charge in [0.1, 0.15) is 0 Å². The van der Waals surface area contributed by atoms with E-state index in [1.807, 2.05) is 27.7 Å². The van der Waals surface area contributed by atoms with Gasteiger partial charge in [-0.25, -0.2) is 0 Å². The van der Waals surface area contributed by atoms with Gasteiger partial charge < -0.3 is 20.1 Å². The molecule has 0 aliphatic rings. The third kappa shape index (κ3) is 6.89. The Morgan fingerprint density at radius 2 is 1.84 bits per heavy atom. The van der Waals surface area contributed by atoms with Crippen LogP contribution in [0.25, 0.3) is 0 Å². The largest absolute Gasteiger partial charge is 0.383 e. The summed E-state index contributed by atoms with van der Waals surface area (Å²) in [6.07, 6.45) is 0.348. The molecule has 0 radical (unpaired) electrons. The number of ether oxygens (including phenoxy) is 2. The smallest absolute Gasteiger partial charge is 0.224 e. The van der Waals surface area contributed by atoms with Gasteiger partial charge in [0.15, 0.2) is 0 Å². The van der Waals surface area contributed by atoms with Gasteiger partial charge in [-0.1, -0.05) is 20.8 Å². The second-order valence-electron chi connectivity index (χ2n) is 6.06. The van der Waals surface area contributed by atoms with Crippen LogP contribution in [-0.2, 0) is 14.3 Å². The zero-order valence-corrected chi connectivity index (χ0v) is 13.2. The molecule has 5 heteroatoms. The lowest BCUT2D eigenvalue weighted by molar-refractivity contribution is -0.136. The van der Waals surface area contributed by atoms with Crippen LogP contribution in [0.2, 0.25) is 0 Å². The van der Waals surface area contributed by atoms with E-state index in [1.54, 1.807) is 19.1 Å². The Bertz CT molecular complexity index is 264. The van der Waals surface area contributed by atoms with Gasteiger partial charge >= 0.3 is 0 Å². The van der Waals surface area contributed by atoms with Crippen molar-refractivity contribution >= 4 is 5.91 Å². The van der Waals surface area contributed by atoms with Crippen LogP contribution in [0.1, 0.15) is 34.1 Å². The standard InChI is InChI=1S/C14H30N2O3/c1-11(10-19-6)16(7-8-18-5)13(17)9-12(15)14(2,3)4/h11-12H,7-10,15H2,1-6H3.